The molecule has 0 heterocycles. The van der Waals surface area contributed by atoms with Crippen LogP contribution in [0.15, 0.2) is 18.2 Å². The number of rotatable bonds is 4. The Labute approximate surface area is 107 Å². The normalized spacial score (nSPS) is 10.3. The van der Waals surface area contributed by atoms with Crippen LogP contribution in [0.3, 0.4) is 0 Å². The topological polar surface area (TPSA) is 41.6 Å². The zero-order chi connectivity index (χ0) is 13.7. The maximum absolute atomic E-state index is 13.5. The van der Waals surface area contributed by atoms with Crippen LogP contribution in [0.1, 0.15) is 19.4 Å². The number of carbonyl (C=O) groups is 1. The molecule has 0 saturated carbocycles. The van der Waals surface area contributed by atoms with Gasteiger partial charge in [0.25, 0.3) is 0 Å². The molecule has 0 saturated heterocycles. The lowest BCUT2D eigenvalue weighted by Crippen LogP contribution is -2.40. The van der Waals surface area contributed by atoms with Crippen molar-refractivity contribution in [3.8, 4) is 5.75 Å². The van der Waals surface area contributed by atoms with Crippen LogP contribution in [-0.4, -0.2) is 31.1 Å². The number of nitrogens with one attached hydrogen (secondary N) is 1. The maximum atomic E-state index is 13.5. The fraction of sp³-hybridized carbons (Fsp3) is 0.462. The molecule has 0 aliphatic heterocycles. The molecule has 0 spiro atoms. The Morgan fingerprint density at radius 1 is 1.50 bits per heavy atom. The van der Waals surface area contributed by atoms with Crippen molar-refractivity contribution < 1.29 is 13.9 Å². The third-order valence-corrected chi connectivity index (χ3v) is 2.39. The third kappa shape index (κ3) is 3.91. The van der Waals surface area contributed by atoms with E-state index in [9.17, 15) is 9.18 Å². The first-order valence-electron chi connectivity index (χ1n) is 5.78. The van der Waals surface area contributed by atoms with Crippen LogP contribution in [0.2, 0.25) is 0 Å². The lowest BCUT2D eigenvalue weighted by atomic mass is 10.2. The number of amides is 2. The number of methoxy groups -OCH3 is 1. The first-order chi connectivity index (χ1) is 8.43. The highest BCUT2D eigenvalue weighted by molar-refractivity contribution is 5.74. The van der Waals surface area contributed by atoms with E-state index in [1.807, 2.05) is 13.8 Å². The van der Waals surface area contributed by atoms with Crippen LogP contribution >= 0.6 is 0 Å². The number of carbonyl (C=O) groups excluding carboxylic acids is 1. The van der Waals surface area contributed by atoms with Gasteiger partial charge < -0.3 is 15.0 Å². The molecular formula is C13H19FN2O2. The number of ether oxygens (including phenoxy) is 1. The largest absolute Gasteiger partial charge is 0.494 e. The quantitative estimate of drug-likeness (QED) is 0.896. The number of hydrogen-bond acceptors (Lipinski definition) is 2. The van der Waals surface area contributed by atoms with Crippen molar-refractivity contribution in [1.29, 1.82) is 0 Å². The van der Waals surface area contributed by atoms with E-state index in [1.54, 1.807) is 19.2 Å². The molecule has 0 radical (unpaired) electrons. The molecule has 5 heteroatoms. The summed E-state index contributed by atoms with van der Waals surface area (Å²) in [5.41, 5.74) is 0.717. The second-order valence-electron chi connectivity index (χ2n) is 4.43. The van der Waals surface area contributed by atoms with Gasteiger partial charge in [-0.25, -0.2) is 9.18 Å². The fourth-order valence-electron chi connectivity index (χ4n) is 1.51. The van der Waals surface area contributed by atoms with Crippen molar-refractivity contribution >= 4 is 6.03 Å². The molecular weight excluding hydrogens is 235 g/mol. The minimum absolute atomic E-state index is 0.0764. The van der Waals surface area contributed by atoms with Crippen LogP contribution in [-0.2, 0) is 6.54 Å². The lowest BCUT2D eigenvalue weighted by molar-refractivity contribution is 0.204. The van der Waals surface area contributed by atoms with Crippen molar-refractivity contribution in [2.45, 2.75) is 26.4 Å². The molecule has 100 valence electrons. The van der Waals surface area contributed by atoms with E-state index in [1.165, 1.54) is 18.1 Å². The highest BCUT2D eigenvalue weighted by Gasteiger charge is 2.11. The summed E-state index contributed by atoms with van der Waals surface area (Å²) in [4.78, 5) is 13.2. The van der Waals surface area contributed by atoms with E-state index in [0.29, 0.717) is 6.54 Å². The van der Waals surface area contributed by atoms with Gasteiger partial charge in [-0.1, -0.05) is 6.07 Å². The molecule has 2 amide bonds. The first kappa shape index (κ1) is 14.3. The predicted molar refractivity (Wildman–Crippen MR) is 68.1 cm³/mol. The van der Waals surface area contributed by atoms with Crippen molar-refractivity contribution in [1.82, 2.24) is 10.2 Å². The van der Waals surface area contributed by atoms with Gasteiger partial charge in [-0.15, -0.1) is 0 Å². The molecule has 4 nitrogen and oxygen atoms in total. The van der Waals surface area contributed by atoms with E-state index in [0.717, 1.165) is 5.56 Å². The number of benzene rings is 1. The van der Waals surface area contributed by atoms with Gasteiger partial charge in [0.1, 0.15) is 0 Å². The van der Waals surface area contributed by atoms with Crippen LogP contribution < -0.4 is 10.1 Å². The highest BCUT2D eigenvalue weighted by atomic mass is 19.1. The third-order valence-electron chi connectivity index (χ3n) is 2.39. The number of urea groups is 1. The van der Waals surface area contributed by atoms with Crippen LogP contribution in [0.25, 0.3) is 0 Å². The zero-order valence-electron chi connectivity index (χ0n) is 11.2. The molecule has 1 rings (SSSR count). The van der Waals surface area contributed by atoms with Gasteiger partial charge in [-0.3, -0.25) is 0 Å². The van der Waals surface area contributed by atoms with Crippen LogP contribution in [0.5, 0.6) is 5.75 Å². The molecule has 0 aromatic heterocycles. The lowest BCUT2D eigenvalue weighted by Gasteiger charge is -2.20. The second-order valence-corrected chi connectivity index (χ2v) is 4.43. The molecule has 0 aliphatic rings. The molecule has 18 heavy (non-hydrogen) atoms. The Bertz CT molecular complexity index is 421. The predicted octanol–water partition coefficient (Wildman–Crippen LogP) is 2.38. The minimum atomic E-state index is -0.423. The van der Waals surface area contributed by atoms with E-state index in [-0.39, 0.29) is 17.8 Å². The maximum Gasteiger partial charge on any atom is 0.317 e. The number of nitrogens with zero attached hydrogens (tertiary/aromatic N) is 1. The molecule has 0 atom stereocenters. The summed E-state index contributed by atoms with van der Waals surface area (Å²) in [5.74, 6) is -0.222. The minimum Gasteiger partial charge on any atom is -0.494 e. The Balaban J connectivity index is 2.67. The summed E-state index contributed by atoms with van der Waals surface area (Å²) in [7, 11) is 3.08. The van der Waals surface area contributed by atoms with Gasteiger partial charge in [0, 0.05) is 19.6 Å². The summed E-state index contributed by atoms with van der Waals surface area (Å²) in [6, 6.07) is 4.56. The van der Waals surface area contributed by atoms with Crippen LogP contribution in [0, 0.1) is 5.82 Å². The van der Waals surface area contributed by atoms with E-state index in [4.69, 9.17) is 4.74 Å². The summed E-state index contributed by atoms with van der Waals surface area (Å²) in [5, 5.41) is 2.77. The van der Waals surface area contributed by atoms with Gasteiger partial charge in [-0.2, -0.15) is 0 Å². The average molecular weight is 254 g/mol. The molecule has 1 aromatic carbocycles. The Kier molecular flexibility index (Phi) is 4.95. The SMILES string of the molecule is COc1ccc(CN(C)C(=O)NC(C)C)cc1F. The van der Waals surface area contributed by atoms with Crippen LogP contribution in [0.4, 0.5) is 9.18 Å². The number of halogens is 1. The highest BCUT2D eigenvalue weighted by Crippen LogP contribution is 2.18. The van der Waals surface area contributed by atoms with Gasteiger partial charge in [-0.05, 0) is 31.5 Å². The van der Waals surface area contributed by atoms with Crippen molar-refractivity contribution in [2.24, 2.45) is 0 Å². The molecule has 0 aliphatic carbocycles. The summed E-state index contributed by atoms with van der Waals surface area (Å²) in [6.07, 6.45) is 0. The zero-order valence-corrected chi connectivity index (χ0v) is 11.2. The molecule has 1 aromatic rings. The number of hydrogen-bond donors (Lipinski definition) is 1. The smallest absolute Gasteiger partial charge is 0.317 e. The Hall–Kier alpha value is -1.78. The van der Waals surface area contributed by atoms with Crippen molar-refractivity contribution in [3.63, 3.8) is 0 Å². The summed E-state index contributed by atoms with van der Waals surface area (Å²) in [6.45, 7) is 4.12. The van der Waals surface area contributed by atoms with Gasteiger partial charge in [0.05, 0.1) is 7.11 Å². The fourth-order valence-corrected chi connectivity index (χ4v) is 1.51. The molecule has 1 N–H and O–H groups in total. The first-order valence-corrected chi connectivity index (χ1v) is 5.78. The molecule has 0 fully saturated rings. The van der Waals surface area contributed by atoms with E-state index < -0.39 is 5.82 Å². The second kappa shape index (κ2) is 6.23. The van der Waals surface area contributed by atoms with Gasteiger partial charge in [0.15, 0.2) is 11.6 Å². The standard InChI is InChI=1S/C13H19FN2O2/c1-9(2)15-13(17)16(3)8-10-5-6-12(18-4)11(14)7-10/h5-7,9H,8H2,1-4H3,(H,15,17). The monoisotopic (exact) mass is 254 g/mol. The molecule has 0 unspecified atom stereocenters. The average Bonchev–Trinajstić information content (AvgIpc) is 2.28. The summed E-state index contributed by atoms with van der Waals surface area (Å²) < 4.78 is 18.3. The molecule has 0 bridgehead atoms. The van der Waals surface area contributed by atoms with E-state index >= 15 is 0 Å². The van der Waals surface area contributed by atoms with Crippen molar-refractivity contribution in [3.05, 3.63) is 29.6 Å². The summed E-state index contributed by atoms with van der Waals surface area (Å²) >= 11 is 0. The van der Waals surface area contributed by atoms with E-state index in [2.05, 4.69) is 5.32 Å². The Morgan fingerprint density at radius 3 is 2.67 bits per heavy atom. The Morgan fingerprint density at radius 2 is 2.17 bits per heavy atom. The van der Waals surface area contributed by atoms with Crippen molar-refractivity contribution in [2.75, 3.05) is 14.2 Å². The van der Waals surface area contributed by atoms with Gasteiger partial charge in [0.2, 0.25) is 0 Å². The van der Waals surface area contributed by atoms with Gasteiger partial charge >= 0.3 is 6.03 Å².